The third-order valence-electron chi connectivity index (χ3n) is 7.12. The third-order valence-corrected chi connectivity index (χ3v) is 7.12. The molecule has 0 N–H and O–H groups in total. The molecule has 0 aromatic carbocycles. The van der Waals surface area contributed by atoms with E-state index in [4.69, 9.17) is 4.74 Å². The zero-order chi connectivity index (χ0) is 18.7. The molecule has 3 fully saturated rings. The third kappa shape index (κ3) is 4.16. The van der Waals surface area contributed by atoms with Gasteiger partial charge in [-0.2, -0.15) is 0 Å². The second-order valence-electron chi connectivity index (χ2n) is 8.63. The van der Waals surface area contributed by atoms with Crippen molar-refractivity contribution in [2.24, 2.45) is 11.3 Å². The van der Waals surface area contributed by atoms with Crippen LogP contribution in [-0.2, 0) is 9.53 Å². The molecule has 2 amide bonds. The van der Waals surface area contributed by atoms with Gasteiger partial charge in [-0.1, -0.05) is 0 Å². The van der Waals surface area contributed by atoms with Crippen LogP contribution in [0.1, 0.15) is 51.9 Å². The molecule has 26 heavy (non-hydrogen) atoms. The van der Waals surface area contributed by atoms with Crippen LogP contribution in [0.5, 0.6) is 0 Å². The van der Waals surface area contributed by atoms with Crippen LogP contribution in [0.25, 0.3) is 0 Å². The van der Waals surface area contributed by atoms with E-state index in [1.165, 1.54) is 32.8 Å². The fourth-order valence-electron chi connectivity index (χ4n) is 5.29. The lowest BCUT2D eigenvalue weighted by Crippen LogP contribution is -2.47. The first kappa shape index (κ1) is 19.5. The highest BCUT2D eigenvalue weighted by Gasteiger charge is 2.40. The molecule has 1 aliphatic carbocycles. The molecule has 0 unspecified atom stereocenters. The lowest BCUT2D eigenvalue weighted by atomic mass is 9.67. The quantitative estimate of drug-likeness (QED) is 0.768. The Hall–Kier alpha value is -1.30. The Morgan fingerprint density at radius 1 is 1.23 bits per heavy atom. The number of amides is 2. The minimum atomic E-state index is -0.180. The maximum atomic E-state index is 11.9. The van der Waals surface area contributed by atoms with Crippen molar-refractivity contribution in [1.29, 1.82) is 0 Å². The van der Waals surface area contributed by atoms with E-state index in [2.05, 4.69) is 18.9 Å². The fourth-order valence-corrected chi connectivity index (χ4v) is 5.29. The summed E-state index contributed by atoms with van der Waals surface area (Å²) in [5.41, 5.74) is 0.435. The summed E-state index contributed by atoms with van der Waals surface area (Å²) in [6.45, 7) is 6.55. The van der Waals surface area contributed by atoms with Gasteiger partial charge in [0.2, 0.25) is 5.91 Å². The van der Waals surface area contributed by atoms with Crippen LogP contribution in [-0.4, -0.2) is 79.6 Å². The number of nitrogens with zero attached hydrogens (tertiary/aromatic N) is 3. The SMILES string of the molecule is CCN1C[C@H](CN(C)C2CCC3(CC2)CCN(C(=O)OC)CC3)CC1=O. The van der Waals surface area contributed by atoms with Crippen molar-refractivity contribution in [1.82, 2.24) is 14.7 Å². The second kappa shape index (κ2) is 8.15. The van der Waals surface area contributed by atoms with Crippen molar-refractivity contribution >= 4 is 12.0 Å². The van der Waals surface area contributed by atoms with Gasteiger partial charge in [-0.25, -0.2) is 4.79 Å². The van der Waals surface area contributed by atoms with Gasteiger partial charge in [0.1, 0.15) is 0 Å². The van der Waals surface area contributed by atoms with Gasteiger partial charge >= 0.3 is 6.09 Å². The van der Waals surface area contributed by atoms with Crippen LogP contribution < -0.4 is 0 Å². The van der Waals surface area contributed by atoms with Crippen molar-refractivity contribution in [3.63, 3.8) is 0 Å². The second-order valence-corrected chi connectivity index (χ2v) is 8.63. The molecule has 0 radical (unpaired) electrons. The smallest absolute Gasteiger partial charge is 0.409 e. The van der Waals surface area contributed by atoms with Crippen molar-refractivity contribution in [2.75, 3.05) is 46.9 Å². The minimum Gasteiger partial charge on any atom is -0.453 e. The Balaban J connectivity index is 1.44. The first-order valence-electron chi connectivity index (χ1n) is 10.3. The predicted octanol–water partition coefficient (Wildman–Crippen LogP) is 2.58. The van der Waals surface area contributed by atoms with Crippen molar-refractivity contribution in [3.05, 3.63) is 0 Å². The number of carbonyl (C=O) groups is 2. The molecule has 6 nitrogen and oxygen atoms in total. The summed E-state index contributed by atoms with van der Waals surface area (Å²) in [6.07, 6.45) is 7.78. The normalized spacial score (nSPS) is 26.8. The minimum absolute atomic E-state index is 0.180. The topological polar surface area (TPSA) is 53.1 Å². The van der Waals surface area contributed by atoms with Crippen molar-refractivity contribution in [2.45, 2.75) is 57.9 Å². The molecule has 3 rings (SSSR count). The predicted molar refractivity (Wildman–Crippen MR) is 101 cm³/mol. The van der Waals surface area contributed by atoms with E-state index in [9.17, 15) is 9.59 Å². The lowest BCUT2D eigenvalue weighted by molar-refractivity contribution is -0.127. The Morgan fingerprint density at radius 3 is 2.42 bits per heavy atom. The van der Waals surface area contributed by atoms with E-state index in [1.807, 2.05) is 9.80 Å². The summed E-state index contributed by atoms with van der Waals surface area (Å²) in [5, 5.41) is 0. The van der Waals surface area contributed by atoms with Gasteiger partial charge in [0, 0.05) is 45.2 Å². The standard InChI is InChI=1S/C20H35N3O3/c1-4-22-15-16(13-18(22)24)14-21(2)17-5-7-20(8-6-17)9-11-23(12-10-20)19(25)26-3/h16-17H,4-15H2,1-3H3/t16-/m0/s1. The molecule has 1 atom stereocenters. The number of methoxy groups -OCH3 is 1. The zero-order valence-electron chi connectivity index (χ0n) is 16.7. The van der Waals surface area contributed by atoms with Crippen LogP contribution in [0, 0.1) is 11.3 Å². The van der Waals surface area contributed by atoms with Crippen LogP contribution in [0.2, 0.25) is 0 Å². The highest BCUT2D eigenvalue weighted by atomic mass is 16.5. The van der Waals surface area contributed by atoms with Gasteiger partial charge in [-0.3, -0.25) is 4.79 Å². The summed E-state index contributed by atoms with van der Waals surface area (Å²) < 4.78 is 4.85. The summed E-state index contributed by atoms with van der Waals surface area (Å²) in [5.74, 6) is 0.817. The number of hydrogen-bond donors (Lipinski definition) is 0. The molecule has 1 spiro atoms. The maximum Gasteiger partial charge on any atom is 0.409 e. The molecule has 3 aliphatic rings. The van der Waals surface area contributed by atoms with E-state index in [1.54, 1.807) is 0 Å². The average Bonchev–Trinajstić information content (AvgIpc) is 3.01. The zero-order valence-corrected chi connectivity index (χ0v) is 16.7. The van der Waals surface area contributed by atoms with E-state index in [0.29, 0.717) is 23.3 Å². The average molecular weight is 366 g/mol. The monoisotopic (exact) mass is 365 g/mol. The molecule has 1 saturated carbocycles. The number of ether oxygens (including phenoxy) is 1. The van der Waals surface area contributed by atoms with E-state index in [0.717, 1.165) is 52.0 Å². The molecular formula is C20H35N3O3. The fraction of sp³-hybridized carbons (Fsp3) is 0.900. The Morgan fingerprint density at radius 2 is 1.88 bits per heavy atom. The van der Waals surface area contributed by atoms with Crippen molar-refractivity contribution in [3.8, 4) is 0 Å². The van der Waals surface area contributed by atoms with Gasteiger partial charge in [0.05, 0.1) is 7.11 Å². The molecule has 0 bridgehead atoms. The van der Waals surface area contributed by atoms with Crippen LogP contribution >= 0.6 is 0 Å². The molecule has 2 heterocycles. The molecule has 6 heteroatoms. The molecular weight excluding hydrogens is 330 g/mol. The maximum absolute atomic E-state index is 11.9. The highest BCUT2D eigenvalue weighted by molar-refractivity contribution is 5.78. The van der Waals surface area contributed by atoms with E-state index >= 15 is 0 Å². The summed E-state index contributed by atoms with van der Waals surface area (Å²) in [6, 6.07) is 0.644. The first-order chi connectivity index (χ1) is 12.5. The first-order valence-corrected chi connectivity index (χ1v) is 10.3. The van der Waals surface area contributed by atoms with Crippen LogP contribution in [0.15, 0.2) is 0 Å². The Bertz CT molecular complexity index is 506. The Labute approximate surface area is 157 Å². The molecule has 2 aliphatic heterocycles. The summed E-state index contributed by atoms with van der Waals surface area (Å²) >= 11 is 0. The number of hydrogen-bond acceptors (Lipinski definition) is 4. The molecule has 2 saturated heterocycles. The lowest BCUT2D eigenvalue weighted by Gasteiger charge is -2.47. The van der Waals surface area contributed by atoms with Gasteiger partial charge in [0.25, 0.3) is 0 Å². The summed E-state index contributed by atoms with van der Waals surface area (Å²) in [4.78, 5) is 30.0. The van der Waals surface area contributed by atoms with Crippen LogP contribution in [0.3, 0.4) is 0 Å². The molecule has 0 aromatic heterocycles. The van der Waals surface area contributed by atoms with Gasteiger partial charge in [0.15, 0.2) is 0 Å². The van der Waals surface area contributed by atoms with Crippen LogP contribution in [0.4, 0.5) is 4.79 Å². The summed E-state index contributed by atoms with van der Waals surface area (Å²) in [7, 11) is 3.70. The van der Waals surface area contributed by atoms with Crippen molar-refractivity contribution < 1.29 is 14.3 Å². The number of likely N-dealkylation sites (tertiary alicyclic amines) is 2. The number of piperidine rings is 1. The number of carbonyl (C=O) groups excluding carboxylic acids is 2. The highest BCUT2D eigenvalue weighted by Crippen LogP contribution is 2.45. The van der Waals surface area contributed by atoms with E-state index in [-0.39, 0.29) is 6.09 Å². The van der Waals surface area contributed by atoms with E-state index < -0.39 is 0 Å². The number of rotatable bonds is 4. The van der Waals surface area contributed by atoms with Gasteiger partial charge < -0.3 is 19.4 Å². The largest absolute Gasteiger partial charge is 0.453 e. The Kier molecular flexibility index (Phi) is 6.10. The van der Waals surface area contributed by atoms with Gasteiger partial charge in [-0.05, 0) is 63.8 Å². The molecule has 0 aromatic rings. The molecule has 148 valence electrons. The van der Waals surface area contributed by atoms with Gasteiger partial charge in [-0.15, -0.1) is 0 Å².